The van der Waals surface area contributed by atoms with E-state index in [1.165, 1.54) is 52.3 Å². The van der Waals surface area contributed by atoms with Crippen LogP contribution in [0.15, 0.2) is 89.5 Å². The van der Waals surface area contributed by atoms with Crippen molar-refractivity contribution in [2.24, 2.45) is 17.1 Å². The van der Waals surface area contributed by atoms with E-state index in [-0.39, 0.29) is 46.3 Å². The highest BCUT2D eigenvalue weighted by Crippen LogP contribution is 2.53. The number of aromatic nitrogens is 2. The van der Waals surface area contributed by atoms with Crippen LogP contribution in [0.4, 0.5) is 8.78 Å². The Kier molecular flexibility index (Phi) is 7.06. The number of carbonyl (C=O) groups is 1. The van der Waals surface area contributed by atoms with Gasteiger partial charge in [-0.25, -0.2) is 21.9 Å². The fourth-order valence-corrected chi connectivity index (χ4v) is 7.79. The molecule has 0 saturated heterocycles. The number of nitrogens with zero attached hydrogens (tertiary/aromatic N) is 3. The summed E-state index contributed by atoms with van der Waals surface area (Å²) >= 11 is 0. The maximum atomic E-state index is 14.8. The maximum absolute atomic E-state index is 14.8. The van der Waals surface area contributed by atoms with E-state index in [1.807, 2.05) is 6.20 Å². The Balaban J connectivity index is 1.34. The quantitative estimate of drug-likeness (QED) is 0.294. The molecule has 0 unspecified atom stereocenters. The molecule has 42 heavy (non-hydrogen) atoms. The molecule has 0 spiro atoms. The van der Waals surface area contributed by atoms with Gasteiger partial charge in [0.2, 0.25) is 15.9 Å². The van der Waals surface area contributed by atoms with E-state index in [4.69, 9.17) is 5.73 Å². The van der Waals surface area contributed by atoms with Crippen LogP contribution in [0.25, 0.3) is 11.8 Å². The molecule has 1 heterocycles. The Morgan fingerprint density at radius 1 is 1.10 bits per heavy atom. The molecule has 7 nitrogen and oxygen atoms in total. The van der Waals surface area contributed by atoms with Gasteiger partial charge in [0.1, 0.15) is 11.6 Å². The number of carbonyl (C=O) groups excluding carboxylic acids is 1. The second-order valence-corrected chi connectivity index (χ2v) is 13.2. The molecular weight excluding hydrogens is 558 g/mol. The van der Waals surface area contributed by atoms with E-state index in [2.05, 4.69) is 18.1 Å². The highest BCUT2D eigenvalue weighted by atomic mass is 32.2. The fraction of sp³-hybridized carbons (Fsp3) is 0.250. The summed E-state index contributed by atoms with van der Waals surface area (Å²) in [6.07, 6.45) is 6.13. The van der Waals surface area contributed by atoms with Crippen molar-refractivity contribution >= 4 is 22.0 Å². The number of halogens is 2. The fourth-order valence-electron chi connectivity index (χ4n) is 6.28. The van der Waals surface area contributed by atoms with Crippen LogP contribution in [0.2, 0.25) is 0 Å². The Hall–Kier alpha value is -4.15. The van der Waals surface area contributed by atoms with Crippen molar-refractivity contribution in [2.45, 2.75) is 37.6 Å². The van der Waals surface area contributed by atoms with Crippen LogP contribution in [0, 0.1) is 23.0 Å². The van der Waals surface area contributed by atoms with E-state index in [0.717, 1.165) is 29.8 Å². The van der Waals surface area contributed by atoms with Gasteiger partial charge in [-0.1, -0.05) is 36.8 Å². The molecule has 1 saturated carbocycles. The predicted octanol–water partition coefficient (Wildman–Crippen LogP) is 5.50. The van der Waals surface area contributed by atoms with Crippen molar-refractivity contribution in [3.63, 3.8) is 0 Å². The van der Waals surface area contributed by atoms with Gasteiger partial charge in [0.15, 0.2) is 0 Å². The predicted molar refractivity (Wildman–Crippen MR) is 155 cm³/mol. The number of fused-ring (bicyclic) bond motifs is 2. The first-order valence-corrected chi connectivity index (χ1v) is 15.2. The minimum atomic E-state index is -4.13. The number of hydrogen-bond donors (Lipinski definition) is 1. The van der Waals surface area contributed by atoms with Gasteiger partial charge in [-0.05, 0) is 90.8 Å². The second-order valence-electron chi connectivity index (χ2n) is 11.2. The first-order valence-electron chi connectivity index (χ1n) is 13.7. The topological polar surface area (TPSA) is 98.3 Å². The minimum absolute atomic E-state index is 0.0630. The number of hydrogen-bond acceptors (Lipinski definition) is 4. The average molecular weight is 589 g/mol. The van der Waals surface area contributed by atoms with Gasteiger partial charge in [-0.3, -0.25) is 4.79 Å². The van der Waals surface area contributed by atoms with Gasteiger partial charge >= 0.3 is 0 Å². The van der Waals surface area contributed by atoms with Crippen LogP contribution in [0.1, 0.15) is 46.9 Å². The number of allylic oxidation sites excluding steroid dienone is 1. The zero-order valence-corrected chi connectivity index (χ0v) is 23.8. The number of amides is 1. The van der Waals surface area contributed by atoms with Crippen LogP contribution in [0.3, 0.4) is 0 Å². The average Bonchev–Trinajstić information content (AvgIpc) is 3.52. The standard InChI is InChI=1S/C32H30F2N4O3S/c1-32-17-23-18-36-38(27-13-11-26(33)12-14-27)30(23)16-24(32)9-10-25(32)20-37(19-22-5-2-3-8-29(22)34)42(40,41)28-7-4-6-21(15-28)31(35)39/h2-8,11-16,18,25H,9-10,17,19-20H2,1H3,(H2,35,39)/t25-,32+/m1/s1. The molecule has 0 bridgehead atoms. The summed E-state index contributed by atoms with van der Waals surface area (Å²) in [5.74, 6) is -1.60. The van der Waals surface area contributed by atoms with Gasteiger partial charge in [-0.2, -0.15) is 9.40 Å². The molecule has 10 heteroatoms. The van der Waals surface area contributed by atoms with Crippen molar-refractivity contribution in [3.05, 3.63) is 119 Å². The number of sulfonamides is 1. The van der Waals surface area contributed by atoms with E-state index in [9.17, 15) is 22.0 Å². The number of primary amides is 1. The van der Waals surface area contributed by atoms with Crippen molar-refractivity contribution in [3.8, 4) is 5.69 Å². The summed E-state index contributed by atoms with van der Waals surface area (Å²) in [7, 11) is -4.13. The highest BCUT2D eigenvalue weighted by molar-refractivity contribution is 7.89. The zero-order valence-electron chi connectivity index (χ0n) is 23.0. The molecule has 6 rings (SSSR count). The Morgan fingerprint density at radius 3 is 2.60 bits per heavy atom. The molecule has 2 aliphatic rings. The summed E-state index contributed by atoms with van der Waals surface area (Å²) < 4.78 is 59.5. The summed E-state index contributed by atoms with van der Waals surface area (Å²) in [6.45, 7) is 2.15. The van der Waals surface area contributed by atoms with Crippen molar-refractivity contribution < 1.29 is 22.0 Å². The Labute approximate surface area is 243 Å². The third-order valence-corrected chi connectivity index (χ3v) is 10.5. The van der Waals surface area contributed by atoms with E-state index in [0.29, 0.717) is 6.42 Å². The molecule has 1 fully saturated rings. The highest BCUT2D eigenvalue weighted by Gasteiger charge is 2.47. The molecule has 2 atom stereocenters. The molecule has 0 aliphatic heterocycles. The molecular formula is C32H30F2N4O3S. The van der Waals surface area contributed by atoms with E-state index in [1.54, 1.807) is 35.0 Å². The molecule has 0 radical (unpaired) electrons. The molecule has 4 aromatic rings. The van der Waals surface area contributed by atoms with Crippen LogP contribution in [-0.2, 0) is 23.0 Å². The summed E-state index contributed by atoms with van der Waals surface area (Å²) in [5.41, 5.74) is 9.34. The Bertz CT molecular complexity index is 1820. The van der Waals surface area contributed by atoms with Gasteiger partial charge in [0.25, 0.3) is 0 Å². The third-order valence-electron chi connectivity index (χ3n) is 8.71. The molecule has 1 aromatic heterocycles. The van der Waals surface area contributed by atoms with Crippen molar-refractivity contribution in [1.29, 1.82) is 0 Å². The first kappa shape index (κ1) is 28.0. The smallest absolute Gasteiger partial charge is 0.248 e. The molecule has 2 aliphatic carbocycles. The lowest BCUT2D eigenvalue weighted by molar-refractivity contribution is 0.1000. The summed E-state index contributed by atoms with van der Waals surface area (Å²) in [5, 5.41) is 4.57. The maximum Gasteiger partial charge on any atom is 0.248 e. The van der Waals surface area contributed by atoms with Crippen LogP contribution < -0.4 is 5.73 Å². The lowest BCUT2D eigenvalue weighted by atomic mass is 9.70. The van der Waals surface area contributed by atoms with Crippen molar-refractivity contribution in [1.82, 2.24) is 14.1 Å². The third kappa shape index (κ3) is 4.94. The van der Waals surface area contributed by atoms with Crippen LogP contribution in [0.5, 0.6) is 0 Å². The van der Waals surface area contributed by atoms with E-state index < -0.39 is 21.7 Å². The lowest BCUT2D eigenvalue weighted by Crippen LogP contribution is -2.40. The molecule has 3 aromatic carbocycles. The first-order chi connectivity index (χ1) is 20.1. The SMILES string of the molecule is C[C@]12Cc3cnn(-c4ccc(F)cc4)c3C=C1CC[C@@H]2CN(Cc1ccccc1F)S(=O)(=O)c1cccc(C(N)=O)c1. The number of nitrogens with two attached hydrogens (primary N) is 1. The normalized spacial score (nSPS) is 19.8. The number of rotatable bonds is 8. The van der Waals surface area contributed by atoms with Crippen molar-refractivity contribution in [2.75, 3.05) is 6.54 Å². The van der Waals surface area contributed by atoms with Gasteiger partial charge < -0.3 is 5.73 Å². The van der Waals surface area contributed by atoms with Crippen LogP contribution >= 0.6 is 0 Å². The molecule has 1 amide bonds. The number of benzene rings is 3. The summed E-state index contributed by atoms with van der Waals surface area (Å²) in [4.78, 5) is 11.7. The zero-order chi connectivity index (χ0) is 29.6. The second kappa shape index (κ2) is 10.6. The van der Waals surface area contributed by atoms with Gasteiger partial charge in [0.05, 0.1) is 22.5 Å². The van der Waals surface area contributed by atoms with Gasteiger partial charge in [0, 0.05) is 24.2 Å². The minimum Gasteiger partial charge on any atom is -0.366 e. The largest absolute Gasteiger partial charge is 0.366 e. The monoisotopic (exact) mass is 588 g/mol. The van der Waals surface area contributed by atoms with Crippen LogP contribution in [-0.4, -0.2) is 35.0 Å². The molecule has 216 valence electrons. The molecule has 2 N–H and O–H groups in total. The van der Waals surface area contributed by atoms with E-state index >= 15 is 0 Å². The summed E-state index contributed by atoms with van der Waals surface area (Å²) in [6, 6.07) is 17.9. The lowest BCUT2D eigenvalue weighted by Gasteiger charge is -2.38. The van der Waals surface area contributed by atoms with Gasteiger partial charge in [-0.15, -0.1) is 0 Å². The Morgan fingerprint density at radius 2 is 1.86 bits per heavy atom.